The quantitative estimate of drug-likeness (QED) is 0.710. The summed E-state index contributed by atoms with van der Waals surface area (Å²) < 4.78 is 5.08. The minimum Gasteiger partial charge on any atom is -0.497 e. The Kier molecular flexibility index (Phi) is 6.73. The lowest BCUT2D eigenvalue weighted by Crippen LogP contribution is -2.27. The van der Waals surface area contributed by atoms with Crippen molar-refractivity contribution >= 4 is 29.1 Å². The van der Waals surface area contributed by atoms with E-state index in [1.54, 1.807) is 48.5 Å². The van der Waals surface area contributed by atoms with E-state index in [-0.39, 0.29) is 30.7 Å². The number of hydrogen-bond acceptors (Lipinski definition) is 4. The number of nitrogens with one attached hydrogen (secondary N) is 3. The van der Waals surface area contributed by atoms with Crippen LogP contribution in [-0.4, -0.2) is 31.4 Å². The van der Waals surface area contributed by atoms with Crippen LogP contribution < -0.4 is 20.7 Å². The standard InChI is InChI=1S/C19H21N3O4/c1-13(23)21-15-6-4-7-16(12-15)22-18(24)9-10-20-19(25)14-5-3-8-17(11-14)26-2/h3-8,11-12H,9-10H2,1-2H3,(H,20,25)(H,21,23)(H,22,24). The Labute approximate surface area is 151 Å². The molecule has 0 heterocycles. The van der Waals surface area contributed by atoms with Gasteiger partial charge >= 0.3 is 0 Å². The van der Waals surface area contributed by atoms with E-state index in [1.807, 2.05) is 0 Å². The number of amides is 3. The Morgan fingerprint density at radius 2 is 1.65 bits per heavy atom. The van der Waals surface area contributed by atoms with Gasteiger partial charge in [-0.05, 0) is 36.4 Å². The van der Waals surface area contributed by atoms with Gasteiger partial charge in [0.25, 0.3) is 5.91 Å². The minimum absolute atomic E-state index is 0.125. The summed E-state index contributed by atoms with van der Waals surface area (Å²) >= 11 is 0. The average Bonchev–Trinajstić information content (AvgIpc) is 2.61. The molecular weight excluding hydrogens is 334 g/mol. The number of rotatable bonds is 7. The number of carbonyl (C=O) groups excluding carboxylic acids is 3. The number of ether oxygens (including phenoxy) is 1. The molecule has 0 fully saturated rings. The summed E-state index contributed by atoms with van der Waals surface area (Å²) in [7, 11) is 1.53. The first-order chi connectivity index (χ1) is 12.5. The Bertz CT molecular complexity index is 805. The fourth-order valence-electron chi connectivity index (χ4n) is 2.26. The molecule has 2 rings (SSSR count). The van der Waals surface area contributed by atoms with E-state index in [0.29, 0.717) is 22.7 Å². The predicted molar refractivity (Wildman–Crippen MR) is 99.3 cm³/mol. The molecule has 3 amide bonds. The van der Waals surface area contributed by atoms with Crippen molar-refractivity contribution < 1.29 is 19.1 Å². The summed E-state index contributed by atoms with van der Waals surface area (Å²) in [5.74, 6) is -0.108. The second-order valence-electron chi connectivity index (χ2n) is 5.55. The number of hydrogen-bond donors (Lipinski definition) is 3. The highest BCUT2D eigenvalue weighted by Crippen LogP contribution is 2.15. The van der Waals surface area contributed by atoms with E-state index in [0.717, 1.165) is 0 Å². The van der Waals surface area contributed by atoms with E-state index in [2.05, 4.69) is 16.0 Å². The van der Waals surface area contributed by atoms with Gasteiger partial charge in [0.2, 0.25) is 11.8 Å². The summed E-state index contributed by atoms with van der Waals surface area (Å²) in [4.78, 5) is 35.1. The van der Waals surface area contributed by atoms with Crippen LogP contribution >= 0.6 is 0 Å². The fourth-order valence-corrected chi connectivity index (χ4v) is 2.26. The minimum atomic E-state index is -0.274. The van der Waals surface area contributed by atoms with E-state index in [9.17, 15) is 14.4 Å². The maximum atomic E-state index is 12.1. The summed E-state index contributed by atoms with van der Waals surface area (Å²) in [6.45, 7) is 1.61. The molecule has 136 valence electrons. The van der Waals surface area contributed by atoms with Crippen LogP contribution in [0.3, 0.4) is 0 Å². The largest absolute Gasteiger partial charge is 0.497 e. The topological polar surface area (TPSA) is 96.5 Å². The monoisotopic (exact) mass is 355 g/mol. The molecule has 7 heteroatoms. The maximum Gasteiger partial charge on any atom is 0.251 e. The molecule has 2 aromatic rings. The molecule has 0 saturated carbocycles. The SMILES string of the molecule is COc1cccc(C(=O)NCCC(=O)Nc2cccc(NC(C)=O)c2)c1. The average molecular weight is 355 g/mol. The van der Waals surface area contributed by atoms with Crippen molar-refractivity contribution in [2.75, 3.05) is 24.3 Å². The van der Waals surface area contributed by atoms with Gasteiger partial charge in [-0.3, -0.25) is 14.4 Å². The van der Waals surface area contributed by atoms with Gasteiger partial charge in [0.15, 0.2) is 0 Å². The third-order valence-electron chi connectivity index (χ3n) is 3.44. The van der Waals surface area contributed by atoms with Crippen molar-refractivity contribution in [3.8, 4) is 5.75 Å². The highest BCUT2D eigenvalue weighted by Gasteiger charge is 2.08. The first-order valence-corrected chi connectivity index (χ1v) is 8.07. The van der Waals surface area contributed by atoms with Gasteiger partial charge in [-0.1, -0.05) is 12.1 Å². The molecule has 0 atom stereocenters. The third kappa shape index (κ3) is 5.94. The van der Waals surface area contributed by atoms with Crippen LogP contribution in [0.5, 0.6) is 5.75 Å². The molecule has 0 bridgehead atoms. The molecule has 7 nitrogen and oxygen atoms in total. The molecule has 0 saturated heterocycles. The number of carbonyl (C=O) groups is 3. The first kappa shape index (κ1) is 19.0. The smallest absolute Gasteiger partial charge is 0.251 e. The number of anilines is 2. The van der Waals surface area contributed by atoms with Crippen molar-refractivity contribution in [2.24, 2.45) is 0 Å². The highest BCUT2D eigenvalue weighted by molar-refractivity contribution is 5.96. The van der Waals surface area contributed by atoms with Gasteiger partial charge in [-0.15, -0.1) is 0 Å². The van der Waals surface area contributed by atoms with E-state index < -0.39 is 0 Å². The highest BCUT2D eigenvalue weighted by atomic mass is 16.5. The molecule has 3 N–H and O–H groups in total. The van der Waals surface area contributed by atoms with E-state index >= 15 is 0 Å². The van der Waals surface area contributed by atoms with Crippen molar-refractivity contribution in [3.05, 3.63) is 54.1 Å². The van der Waals surface area contributed by atoms with Crippen LogP contribution in [0.1, 0.15) is 23.7 Å². The second-order valence-corrected chi connectivity index (χ2v) is 5.55. The molecule has 0 aromatic heterocycles. The fraction of sp³-hybridized carbons (Fsp3) is 0.211. The van der Waals surface area contributed by atoms with Crippen LogP contribution in [-0.2, 0) is 9.59 Å². The van der Waals surface area contributed by atoms with Gasteiger partial charge in [0.05, 0.1) is 7.11 Å². The maximum absolute atomic E-state index is 12.1. The summed E-state index contributed by atoms with van der Waals surface area (Å²) in [5, 5.41) is 8.06. The Balaban J connectivity index is 1.81. The first-order valence-electron chi connectivity index (χ1n) is 8.07. The lowest BCUT2D eigenvalue weighted by Gasteiger charge is -2.09. The third-order valence-corrected chi connectivity index (χ3v) is 3.44. The van der Waals surface area contributed by atoms with Gasteiger partial charge < -0.3 is 20.7 Å². The summed E-state index contributed by atoms with van der Waals surface area (Å²) in [6.07, 6.45) is 0.125. The van der Waals surface area contributed by atoms with Crippen molar-refractivity contribution in [3.63, 3.8) is 0 Å². The molecule has 0 aliphatic carbocycles. The zero-order valence-electron chi connectivity index (χ0n) is 14.7. The molecule has 0 unspecified atom stereocenters. The van der Waals surface area contributed by atoms with Crippen LogP contribution in [0.25, 0.3) is 0 Å². The molecular formula is C19H21N3O4. The zero-order chi connectivity index (χ0) is 18.9. The van der Waals surface area contributed by atoms with Crippen LogP contribution in [0.15, 0.2) is 48.5 Å². The van der Waals surface area contributed by atoms with Crippen LogP contribution in [0, 0.1) is 0 Å². The Morgan fingerprint density at radius 1 is 0.962 bits per heavy atom. The molecule has 0 aliphatic heterocycles. The van der Waals surface area contributed by atoms with Crippen molar-refractivity contribution in [2.45, 2.75) is 13.3 Å². The Morgan fingerprint density at radius 3 is 2.35 bits per heavy atom. The normalized spacial score (nSPS) is 9.92. The summed E-state index contributed by atoms with van der Waals surface area (Å²) in [5.41, 5.74) is 1.63. The molecule has 0 radical (unpaired) electrons. The molecule has 0 spiro atoms. The lowest BCUT2D eigenvalue weighted by atomic mass is 10.2. The molecule has 2 aromatic carbocycles. The van der Waals surface area contributed by atoms with Gasteiger partial charge in [-0.2, -0.15) is 0 Å². The lowest BCUT2D eigenvalue weighted by molar-refractivity contribution is -0.116. The van der Waals surface area contributed by atoms with E-state index in [4.69, 9.17) is 4.74 Å². The predicted octanol–water partition coefficient (Wildman–Crippen LogP) is 2.41. The van der Waals surface area contributed by atoms with Gasteiger partial charge in [-0.25, -0.2) is 0 Å². The Hall–Kier alpha value is -3.35. The zero-order valence-corrected chi connectivity index (χ0v) is 14.7. The molecule has 26 heavy (non-hydrogen) atoms. The van der Waals surface area contributed by atoms with E-state index in [1.165, 1.54) is 14.0 Å². The number of benzene rings is 2. The van der Waals surface area contributed by atoms with Crippen molar-refractivity contribution in [1.29, 1.82) is 0 Å². The van der Waals surface area contributed by atoms with Crippen LogP contribution in [0.2, 0.25) is 0 Å². The summed E-state index contributed by atoms with van der Waals surface area (Å²) in [6, 6.07) is 13.6. The number of methoxy groups -OCH3 is 1. The molecule has 0 aliphatic rings. The second kappa shape index (κ2) is 9.22. The van der Waals surface area contributed by atoms with Crippen molar-refractivity contribution in [1.82, 2.24) is 5.32 Å². The van der Waals surface area contributed by atoms with Gasteiger partial charge in [0, 0.05) is 36.8 Å². The van der Waals surface area contributed by atoms with Gasteiger partial charge in [0.1, 0.15) is 5.75 Å². The van der Waals surface area contributed by atoms with Crippen LogP contribution in [0.4, 0.5) is 11.4 Å².